The van der Waals surface area contributed by atoms with Gasteiger partial charge in [0.25, 0.3) is 0 Å². The first kappa shape index (κ1) is 14.2. The predicted molar refractivity (Wildman–Crippen MR) is 84.4 cm³/mol. The lowest BCUT2D eigenvalue weighted by molar-refractivity contribution is -0.122. The van der Waals surface area contributed by atoms with Gasteiger partial charge in [-0.25, -0.2) is 0 Å². The largest absolute Gasteiger partial charge is 0.349 e. The van der Waals surface area contributed by atoms with E-state index in [0.29, 0.717) is 12.5 Å². The summed E-state index contributed by atoms with van der Waals surface area (Å²) in [5.41, 5.74) is 2.50. The number of carbonyl (C=O) groups is 1. The van der Waals surface area contributed by atoms with Gasteiger partial charge in [-0.3, -0.25) is 4.79 Å². The van der Waals surface area contributed by atoms with Crippen LogP contribution in [0.3, 0.4) is 0 Å². The molecule has 1 heterocycles. The fourth-order valence-corrected chi connectivity index (χ4v) is 4.11. The zero-order valence-corrected chi connectivity index (χ0v) is 12.9. The fourth-order valence-electron chi connectivity index (χ4n) is 2.96. The Kier molecular flexibility index (Phi) is 4.54. The number of hydrogen-bond donors (Lipinski definition) is 2. The molecule has 1 fully saturated rings. The van der Waals surface area contributed by atoms with Crippen molar-refractivity contribution in [1.82, 2.24) is 10.6 Å². The van der Waals surface area contributed by atoms with Crippen molar-refractivity contribution in [2.24, 2.45) is 0 Å². The number of halogens is 1. The first-order valence-electron chi connectivity index (χ1n) is 7.11. The van der Waals surface area contributed by atoms with Crippen LogP contribution in [0, 0.1) is 0 Å². The molecule has 1 amide bonds. The van der Waals surface area contributed by atoms with Gasteiger partial charge in [-0.1, -0.05) is 17.7 Å². The average molecular weight is 311 g/mol. The van der Waals surface area contributed by atoms with E-state index in [1.165, 1.54) is 11.1 Å². The summed E-state index contributed by atoms with van der Waals surface area (Å²) in [6.07, 6.45) is 2.55. The van der Waals surface area contributed by atoms with E-state index >= 15 is 0 Å². The molecular formula is C15H19ClN2OS. The molecular weight excluding hydrogens is 292 g/mol. The summed E-state index contributed by atoms with van der Waals surface area (Å²) >= 11 is 7.93. The molecule has 1 saturated heterocycles. The Balaban J connectivity index is 1.58. The normalized spacial score (nSPS) is 25.2. The summed E-state index contributed by atoms with van der Waals surface area (Å²) in [7, 11) is 0. The minimum absolute atomic E-state index is 0.151. The molecule has 20 heavy (non-hydrogen) atoms. The molecule has 2 aliphatic rings. The van der Waals surface area contributed by atoms with Crippen LogP contribution in [0.1, 0.15) is 30.0 Å². The molecule has 0 bridgehead atoms. The van der Waals surface area contributed by atoms with Gasteiger partial charge in [-0.15, -0.1) is 0 Å². The predicted octanol–water partition coefficient (Wildman–Crippen LogP) is 2.54. The Bertz CT molecular complexity index is 503. The van der Waals surface area contributed by atoms with Gasteiger partial charge in [-0.2, -0.15) is 11.8 Å². The monoisotopic (exact) mass is 310 g/mol. The van der Waals surface area contributed by atoms with Crippen LogP contribution in [-0.2, 0) is 11.2 Å². The van der Waals surface area contributed by atoms with E-state index in [1.54, 1.807) is 0 Å². The Morgan fingerprint density at radius 1 is 1.50 bits per heavy atom. The second-order valence-electron chi connectivity index (χ2n) is 5.43. The highest BCUT2D eigenvalue weighted by Gasteiger charge is 2.25. The maximum atomic E-state index is 12.2. The number of amides is 1. The van der Waals surface area contributed by atoms with Crippen molar-refractivity contribution in [3.8, 4) is 0 Å². The van der Waals surface area contributed by atoms with Crippen LogP contribution in [0.5, 0.6) is 0 Å². The summed E-state index contributed by atoms with van der Waals surface area (Å²) in [6, 6.07) is 6.45. The topological polar surface area (TPSA) is 41.1 Å². The van der Waals surface area contributed by atoms with Crippen LogP contribution < -0.4 is 10.6 Å². The van der Waals surface area contributed by atoms with Gasteiger partial charge >= 0.3 is 0 Å². The van der Waals surface area contributed by atoms with Gasteiger partial charge in [0.1, 0.15) is 0 Å². The van der Waals surface area contributed by atoms with E-state index < -0.39 is 0 Å². The number of benzene rings is 1. The van der Waals surface area contributed by atoms with Crippen LogP contribution >= 0.6 is 23.4 Å². The van der Waals surface area contributed by atoms with Gasteiger partial charge in [0, 0.05) is 35.5 Å². The standard InChI is InChI=1S/C15H19ClN2OS/c16-11-2-3-13-10(7-11)1-4-14(13)18-15(19)8-12-9-20-6-5-17-12/h2-3,7,12,14,17H,1,4-6,8-9H2,(H,18,19). The summed E-state index contributed by atoms with van der Waals surface area (Å²) in [6.45, 7) is 1.01. The van der Waals surface area contributed by atoms with Gasteiger partial charge < -0.3 is 10.6 Å². The second-order valence-corrected chi connectivity index (χ2v) is 7.02. The molecule has 2 unspecified atom stereocenters. The van der Waals surface area contributed by atoms with Gasteiger partial charge in [0.15, 0.2) is 0 Å². The van der Waals surface area contributed by atoms with Crippen molar-refractivity contribution in [2.75, 3.05) is 18.1 Å². The lowest BCUT2D eigenvalue weighted by Gasteiger charge is -2.23. The van der Waals surface area contributed by atoms with Crippen molar-refractivity contribution in [1.29, 1.82) is 0 Å². The Morgan fingerprint density at radius 2 is 2.40 bits per heavy atom. The van der Waals surface area contributed by atoms with Crippen molar-refractivity contribution < 1.29 is 4.79 Å². The van der Waals surface area contributed by atoms with Crippen LogP contribution in [0.15, 0.2) is 18.2 Å². The van der Waals surface area contributed by atoms with E-state index in [1.807, 2.05) is 30.0 Å². The first-order valence-corrected chi connectivity index (χ1v) is 8.64. The van der Waals surface area contributed by atoms with Crippen molar-refractivity contribution >= 4 is 29.3 Å². The number of hydrogen-bond acceptors (Lipinski definition) is 3. The third-order valence-electron chi connectivity index (χ3n) is 3.95. The van der Waals surface area contributed by atoms with E-state index in [2.05, 4.69) is 10.6 Å². The molecule has 3 nitrogen and oxygen atoms in total. The van der Waals surface area contributed by atoms with E-state index in [9.17, 15) is 4.79 Å². The smallest absolute Gasteiger partial charge is 0.222 e. The molecule has 5 heteroatoms. The van der Waals surface area contributed by atoms with E-state index in [-0.39, 0.29) is 11.9 Å². The Hall–Kier alpha value is -0.710. The molecule has 2 N–H and O–H groups in total. The van der Waals surface area contributed by atoms with Crippen LogP contribution in [-0.4, -0.2) is 30.0 Å². The molecule has 1 aromatic carbocycles. The van der Waals surface area contributed by atoms with Crippen molar-refractivity contribution in [3.05, 3.63) is 34.3 Å². The van der Waals surface area contributed by atoms with Crippen LogP contribution in [0.25, 0.3) is 0 Å². The Morgan fingerprint density at radius 3 is 3.20 bits per heavy atom. The molecule has 2 atom stereocenters. The fraction of sp³-hybridized carbons (Fsp3) is 0.533. The summed E-state index contributed by atoms with van der Waals surface area (Å²) in [5, 5.41) is 7.35. The molecule has 0 radical (unpaired) electrons. The van der Waals surface area contributed by atoms with Gasteiger partial charge in [0.05, 0.1) is 6.04 Å². The molecule has 0 aromatic heterocycles. The molecule has 1 aliphatic heterocycles. The lowest BCUT2D eigenvalue weighted by Crippen LogP contribution is -2.41. The summed E-state index contributed by atoms with van der Waals surface area (Å²) in [5.74, 6) is 2.33. The molecule has 1 aromatic rings. The number of nitrogens with one attached hydrogen (secondary N) is 2. The van der Waals surface area contributed by atoms with Crippen molar-refractivity contribution in [3.63, 3.8) is 0 Å². The third kappa shape index (κ3) is 3.30. The number of thioether (sulfide) groups is 1. The molecule has 1 aliphatic carbocycles. The maximum Gasteiger partial charge on any atom is 0.222 e. The highest BCUT2D eigenvalue weighted by Crippen LogP contribution is 2.32. The molecule has 108 valence electrons. The average Bonchev–Trinajstić information content (AvgIpc) is 2.82. The lowest BCUT2D eigenvalue weighted by atomic mass is 10.1. The molecule has 0 saturated carbocycles. The van der Waals surface area contributed by atoms with Crippen LogP contribution in [0.4, 0.5) is 0 Å². The summed E-state index contributed by atoms with van der Waals surface area (Å²) < 4.78 is 0. The van der Waals surface area contributed by atoms with Gasteiger partial charge in [-0.05, 0) is 36.1 Å². The molecule has 3 rings (SSSR count). The highest BCUT2D eigenvalue weighted by molar-refractivity contribution is 7.99. The Labute approximate surface area is 128 Å². The van der Waals surface area contributed by atoms with E-state index in [4.69, 9.17) is 11.6 Å². The van der Waals surface area contributed by atoms with Crippen molar-refractivity contribution in [2.45, 2.75) is 31.3 Å². The SMILES string of the molecule is O=C(CC1CSCCN1)NC1CCc2cc(Cl)ccc21. The molecule has 0 spiro atoms. The maximum absolute atomic E-state index is 12.2. The highest BCUT2D eigenvalue weighted by atomic mass is 35.5. The minimum atomic E-state index is 0.151. The second kappa shape index (κ2) is 6.37. The van der Waals surface area contributed by atoms with Gasteiger partial charge in [0.2, 0.25) is 5.91 Å². The zero-order valence-electron chi connectivity index (χ0n) is 11.3. The number of fused-ring (bicyclic) bond motifs is 1. The minimum Gasteiger partial charge on any atom is -0.349 e. The number of rotatable bonds is 3. The third-order valence-corrected chi connectivity index (χ3v) is 5.31. The summed E-state index contributed by atoms with van der Waals surface area (Å²) in [4.78, 5) is 12.2. The van der Waals surface area contributed by atoms with E-state index in [0.717, 1.165) is 35.9 Å². The van der Waals surface area contributed by atoms with Crippen LogP contribution in [0.2, 0.25) is 5.02 Å². The number of carbonyl (C=O) groups excluding carboxylic acids is 1. The quantitative estimate of drug-likeness (QED) is 0.901. The number of aryl methyl sites for hydroxylation is 1. The zero-order chi connectivity index (χ0) is 13.9. The first-order chi connectivity index (χ1) is 9.72.